The van der Waals surface area contributed by atoms with Gasteiger partial charge in [-0.05, 0) is 37.8 Å². The van der Waals surface area contributed by atoms with Crippen molar-refractivity contribution < 1.29 is 9.18 Å². The third kappa shape index (κ3) is 2.69. The van der Waals surface area contributed by atoms with Gasteiger partial charge in [0.2, 0.25) is 5.91 Å². The first kappa shape index (κ1) is 15.6. The number of carbonyl (C=O) groups is 1. The second-order valence-corrected chi connectivity index (χ2v) is 6.94. The van der Waals surface area contributed by atoms with Crippen LogP contribution in [0.25, 0.3) is 0 Å². The van der Waals surface area contributed by atoms with E-state index in [1.54, 1.807) is 29.3 Å². The molecule has 0 unspecified atom stereocenters. The molecule has 2 fully saturated rings. The third-order valence-electron chi connectivity index (χ3n) is 5.15. The van der Waals surface area contributed by atoms with Gasteiger partial charge in [-0.25, -0.2) is 4.39 Å². The molecule has 0 aliphatic carbocycles. The Kier molecular flexibility index (Phi) is 4.00. The lowest BCUT2D eigenvalue weighted by Gasteiger charge is -2.38. The summed E-state index contributed by atoms with van der Waals surface area (Å²) in [6.07, 6.45) is 7.05. The lowest BCUT2D eigenvalue weighted by atomic mass is 9.96. The topological polar surface area (TPSA) is 51.0 Å². The SMILES string of the molecule is O=C(Cc1c(F)cccc1Cl)N1[C@H]2CC[C@H]1CC(n1nccn1)C2. The van der Waals surface area contributed by atoms with E-state index in [0.717, 1.165) is 25.7 Å². The molecule has 0 radical (unpaired) electrons. The minimum Gasteiger partial charge on any atom is -0.336 e. The van der Waals surface area contributed by atoms with Crippen LogP contribution in [0.1, 0.15) is 37.3 Å². The van der Waals surface area contributed by atoms with E-state index in [1.165, 1.54) is 6.07 Å². The number of hydrogen-bond donors (Lipinski definition) is 0. The van der Waals surface area contributed by atoms with Crippen molar-refractivity contribution in [3.63, 3.8) is 0 Å². The number of halogens is 2. The Morgan fingerprint density at radius 2 is 1.83 bits per heavy atom. The van der Waals surface area contributed by atoms with Crippen LogP contribution in [-0.2, 0) is 11.2 Å². The summed E-state index contributed by atoms with van der Waals surface area (Å²) in [6, 6.07) is 5.11. The Morgan fingerprint density at radius 1 is 1.17 bits per heavy atom. The Labute approximate surface area is 144 Å². The summed E-state index contributed by atoms with van der Waals surface area (Å²) in [7, 11) is 0. The maximum atomic E-state index is 14.0. The first-order valence-electron chi connectivity index (χ1n) is 8.23. The lowest BCUT2D eigenvalue weighted by molar-refractivity contribution is -0.135. The zero-order valence-corrected chi connectivity index (χ0v) is 13.9. The molecule has 2 aliphatic rings. The molecule has 7 heteroatoms. The number of nitrogens with zero attached hydrogens (tertiary/aromatic N) is 4. The molecule has 126 valence electrons. The van der Waals surface area contributed by atoms with Crippen LogP contribution in [0, 0.1) is 5.82 Å². The highest BCUT2D eigenvalue weighted by atomic mass is 35.5. The quantitative estimate of drug-likeness (QED) is 0.856. The highest BCUT2D eigenvalue weighted by Gasteiger charge is 2.44. The van der Waals surface area contributed by atoms with Crippen LogP contribution >= 0.6 is 11.6 Å². The van der Waals surface area contributed by atoms with E-state index in [2.05, 4.69) is 10.2 Å². The van der Waals surface area contributed by atoms with Crippen LogP contribution in [0.4, 0.5) is 4.39 Å². The molecule has 1 aromatic heterocycles. The lowest BCUT2D eigenvalue weighted by Crippen LogP contribution is -2.47. The van der Waals surface area contributed by atoms with Crippen molar-refractivity contribution in [1.29, 1.82) is 0 Å². The molecule has 0 spiro atoms. The van der Waals surface area contributed by atoms with Gasteiger partial charge in [0.15, 0.2) is 0 Å². The number of benzene rings is 1. The molecule has 2 saturated heterocycles. The third-order valence-corrected chi connectivity index (χ3v) is 5.50. The fraction of sp³-hybridized carbons (Fsp3) is 0.471. The van der Waals surface area contributed by atoms with Gasteiger partial charge in [-0.15, -0.1) is 0 Å². The van der Waals surface area contributed by atoms with Gasteiger partial charge in [0.1, 0.15) is 5.82 Å². The number of piperidine rings is 1. The summed E-state index contributed by atoms with van der Waals surface area (Å²) in [5.74, 6) is -0.458. The van der Waals surface area contributed by atoms with Gasteiger partial charge in [-0.1, -0.05) is 17.7 Å². The molecule has 2 aromatic rings. The zero-order valence-electron chi connectivity index (χ0n) is 13.1. The molecule has 4 rings (SSSR count). The van der Waals surface area contributed by atoms with E-state index < -0.39 is 5.82 Å². The normalized spacial score (nSPS) is 25.9. The second kappa shape index (κ2) is 6.16. The number of aromatic nitrogens is 3. The Balaban J connectivity index is 1.50. The molecule has 24 heavy (non-hydrogen) atoms. The number of rotatable bonds is 3. The Bertz CT molecular complexity index is 717. The van der Waals surface area contributed by atoms with Crippen molar-refractivity contribution in [3.05, 3.63) is 47.0 Å². The van der Waals surface area contributed by atoms with Crippen molar-refractivity contribution in [3.8, 4) is 0 Å². The number of carbonyl (C=O) groups excluding carboxylic acids is 1. The fourth-order valence-corrected chi connectivity index (χ4v) is 4.33. The maximum absolute atomic E-state index is 14.0. The van der Waals surface area contributed by atoms with Crippen LogP contribution in [0.3, 0.4) is 0 Å². The fourth-order valence-electron chi connectivity index (χ4n) is 4.10. The summed E-state index contributed by atoms with van der Waals surface area (Å²) in [6.45, 7) is 0. The molecular weight excluding hydrogens is 331 g/mol. The van der Waals surface area contributed by atoms with Crippen molar-refractivity contribution in [1.82, 2.24) is 19.9 Å². The molecule has 2 bridgehead atoms. The average molecular weight is 349 g/mol. The van der Waals surface area contributed by atoms with Crippen molar-refractivity contribution in [2.75, 3.05) is 0 Å². The highest BCUT2D eigenvalue weighted by molar-refractivity contribution is 6.31. The standard InChI is InChI=1S/C17H18ClFN4O/c18-15-2-1-3-16(19)14(15)10-17(24)22-11-4-5-12(22)9-13(8-11)23-20-6-7-21-23/h1-3,6-7,11-13H,4-5,8-10H2/t11-,12-/m0/s1. The summed E-state index contributed by atoms with van der Waals surface area (Å²) in [4.78, 5) is 16.5. The van der Waals surface area contributed by atoms with E-state index in [9.17, 15) is 9.18 Å². The minimum atomic E-state index is -0.418. The van der Waals surface area contributed by atoms with Crippen LogP contribution < -0.4 is 0 Å². The van der Waals surface area contributed by atoms with Crippen molar-refractivity contribution in [2.45, 2.75) is 50.2 Å². The molecule has 3 heterocycles. The first-order chi connectivity index (χ1) is 11.6. The molecule has 2 aliphatic heterocycles. The van der Waals surface area contributed by atoms with Crippen LogP contribution in [0.15, 0.2) is 30.6 Å². The minimum absolute atomic E-state index is 0.0171. The highest BCUT2D eigenvalue weighted by Crippen LogP contribution is 2.40. The van der Waals surface area contributed by atoms with Crippen LogP contribution in [-0.4, -0.2) is 37.9 Å². The molecule has 0 saturated carbocycles. The summed E-state index contributed by atoms with van der Waals surface area (Å²) < 4.78 is 14.0. The monoisotopic (exact) mass is 348 g/mol. The van der Waals surface area contributed by atoms with Crippen LogP contribution in [0.5, 0.6) is 0 Å². The smallest absolute Gasteiger partial charge is 0.227 e. The predicted molar refractivity (Wildman–Crippen MR) is 87.1 cm³/mol. The Morgan fingerprint density at radius 3 is 2.46 bits per heavy atom. The molecule has 0 N–H and O–H groups in total. The van der Waals surface area contributed by atoms with E-state index in [4.69, 9.17) is 11.6 Å². The second-order valence-electron chi connectivity index (χ2n) is 6.54. The summed E-state index contributed by atoms with van der Waals surface area (Å²) in [5, 5.41) is 8.78. The number of fused-ring (bicyclic) bond motifs is 2. The summed E-state index contributed by atoms with van der Waals surface area (Å²) >= 11 is 6.06. The van der Waals surface area contributed by atoms with E-state index in [0.29, 0.717) is 10.6 Å². The van der Waals surface area contributed by atoms with Gasteiger partial charge in [-0.3, -0.25) is 4.79 Å². The molecule has 1 amide bonds. The van der Waals surface area contributed by atoms with E-state index in [-0.39, 0.29) is 30.5 Å². The van der Waals surface area contributed by atoms with Gasteiger partial charge in [0.05, 0.1) is 24.9 Å². The van der Waals surface area contributed by atoms with Gasteiger partial charge >= 0.3 is 0 Å². The maximum Gasteiger partial charge on any atom is 0.227 e. The van der Waals surface area contributed by atoms with Crippen molar-refractivity contribution in [2.24, 2.45) is 0 Å². The van der Waals surface area contributed by atoms with E-state index in [1.807, 2.05) is 4.90 Å². The molecular formula is C17H18ClFN4O. The molecule has 2 atom stereocenters. The van der Waals surface area contributed by atoms with E-state index >= 15 is 0 Å². The molecule has 1 aromatic carbocycles. The molecule has 5 nitrogen and oxygen atoms in total. The summed E-state index contributed by atoms with van der Waals surface area (Å²) in [5.41, 5.74) is 0.291. The zero-order chi connectivity index (χ0) is 16.7. The van der Waals surface area contributed by atoms with Crippen molar-refractivity contribution >= 4 is 17.5 Å². The van der Waals surface area contributed by atoms with Gasteiger partial charge in [0.25, 0.3) is 0 Å². The predicted octanol–water partition coefficient (Wildman–Crippen LogP) is 3.01. The van der Waals surface area contributed by atoms with Gasteiger partial charge in [0, 0.05) is 22.7 Å². The largest absolute Gasteiger partial charge is 0.336 e. The Hall–Kier alpha value is -1.95. The average Bonchev–Trinajstić information content (AvgIpc) is 3.18. The van der Waals surface area contributed by atoms with Crippen LogP contribution in [0.2, 0.25) is 5.02 Å². The van der Waals surface area contributed by atoms with Gasteiger partial charge in [-0.2, -0.15) is 15.0 Å². The number of hydrogen-bond acceptors (Lipinski definition) is 3. The number of amides is 1. The van der Waals surface area contributed by atoms with Gasteiger partial charge < -0.3 is 4.90 Å². The first-order valence-corrected chi connectivity index (χ1v) is 8.61.